The van der Waals surface area contributed by atoms with Crippen molar-refractivity contribution in [1.82, 2.24) is 0 Å². The fourth-order valence-electron chi connectivity index (χ4n) is 2.88. The minimum absolute atomic E-state index is 0.477. The van der Waals surface area contributed by atoms with Crippen molar-refractivity contribution in [3.05, 3.63) is 5.21 Å². The molecule has 1 heterocycles. The van der Waals surface area contributed by atoms with E-state index in [2.05, 4.69) is 0 Å². The van der Waals surface area contributed by atoms with Crippen molar-refractivity contribution in [3.8, 4) is 0 Å². The van der Waals surface area contributed by atoms with Gasteiger partial charge in [0.25, 0.3) is 0 Å². The quantitative estimate of drug-likeness (QED) is 0.585. The molecule has 1 saturated carbocycles. The lowest BCUT2D eigenvalue weighted by atomic mass is 9.83. The van der Waals surface area contributed by atoms with E-state index in [-0.39, 0.29) is 0 Å². The molecule has 0 aromatic rings. The Hall–Kier alpha value is -0.0800. The monoisotopic (exact) mass is 169 g/mol. The molecular formula is C10H19NO. The van der Waals surface area contributed by atoms with E-state index >= 15 is 0 Å². The minimum atomic E-state index is 0.477. The van der Waals surface area contributed by atoms with Gasteiger partial charge in [0.05, 0.1) is 12.6 Å². The zero-order valence-corrected chi connectivity index (χ0v) is 7.72. The Labute approximate surface area is 74.5 Å². The lowest BCUT2D eigenvalue weighted by Gasteiger charge is -2.33. The van der Waals surface area contributed by atoms with Gasteiger partial charge in [-0.25, -0.2) is 0 Å². The largest absolute Gasteiger partial charge is 0.634 e. The van der Waals surface area contributed by atoms with Crippen LogP contribution in [0.2, 0.25) is 0 Å². The summed E-state index contributed by atoms with van der Waals surface area (Å²) in [5.41, 5.74) is 0. The van der Waals surface area contributed by atoms with Gasteiger partial charge >= 0.3 is 0 Å². The number of rotatable bonds is 1. The van der Waals surface area contributed by atoms with Crippen LogP contribution in [0.3, 0.4) is 0 Å². The summed E-state index contributed by atoms with van der Waals surface area (Å²) in [4.78, 5) is 0. The van der Waals surface area contributed by atoms with Crippen molar-refractivity contribution in [1.29, 1.82) is 0 Å². The molecule has 0 amide bonds. The number of hydroxylamine groups is 2. The molecule has 2 nitrogen and oxygen atoms in total. The third-order valence-corrected chi connectivity index (χ3v) is 3.57. The van der Waals surface area contributed by atoms with Gasteiger partial charge in [0.15, 0.2) is 0 Å². The molecule has 2 heteroatoms. The highest BCUT2D eigenvalue weighted by atomic mass is 16.5. The van der Waals surface area contributed by atoms with E-state index in [9.17, 15) is 5.21 Å². The zero-order valence-electron chi connectivity index (χ0n) is 7.72. The Morgan fingerprint density at radius 3 is 2.25 bits per heavy atom. The van der Waals surface area contributed by atoms with Crippen LogP contribution < -0.4 is 5.06 Å². The fourth-order valence-corrected chi connectivity index (χ4v) is 2.88. The molecular weight excluding hydrogens is 150 g/mol. The van der Waals surface area contributed by atoms with E-state index in [1.54, 1.807) is 0 Å². The van der Waals surface area contributed by atoms with Gasteiger partial charge in [-0.3, -0.25) is 0 Å². The molecule has 0 aromatic heterocycles. The Morgan fingerprint density at radius 1 is 0.917 bits per heavy atom. The number of nitrogens with one attached hydrogen (secondary N) is 1. The van der Waals surface area contributed by atoms with Gasteiger partial charge in [-0.15, -0.1) is 0 Å². The first-order valence-electron chi connectivity index (χ1n) is 5.40. The molecule has 2 rings (SSSR count). The van der Waals surface area contributed by atoms with Crippen LogP contribution in [0.1, 0.15) is 44.9 Å². The normalized spacial score (nSPS) is 38.8. The van der Waals surface area contributed by atoms with E-state index in [4.69, 9.17) is 0 Å². The molecule has 1 saturated heterocycles. The van der Waals surface area contributed by atoms with E-state index < -0.39 is 0 Å². The van der Waals surface area contributed by atoms with Crippen molar-refractivity contribution >= 4 is 0 Å². The van der Waals surface area contributed by atoms with Crippen LogP contribution in [0.4, 0.5) is 0 Å². The van der Waals surface area contributed by atoms with Crippen molar-refractivity contribution < 1.29 is 5.06 Å². The van der Waals surface area contributed by atoms with Crippen molar-refractivity contribution in [3.63, 3.8) is 0 Å². The Kier molecular flexibility index (Phi) is 2.66. The molecule has 2 aliphatic rings. The molecule has 1 N–H and O–H groups in total. The maximum absolute atomic E-state index is 11.5. The predicted molar refractivity (Wildman–Crippen MR) is 48.8 cm³/mol. The van der Waals surface area contributed by atoms with Crippen LogP contribution in [-0.2, 0) is 0 Å². The molecule has 0 radical (unpaired) electrons. The van der Waals surface area contributed by atoms with Gasteiger partial charge in [-0.05, 0) is 12.8 Å². The van der Waals surface area contributed by atoms with Crippen molar-refractivity contribution in [2.75, 3.05) is 6.54 Å². The lowest BCUT2D eigenvalue weighted by molar-refractivity contribution is -0.865. The summed E-state index contributed by atoms with van der Waals surface area (Å²) in [5.74, 6) is 0.772. The summed E-state index contributed by atoms with van der Waals surface area (Å²) in [7, 11) is 0. The highest BCUT2D eigenvalue weighted by Gasteiger charge is 2.31. The van der Waals surface area contributed by atoms with Gasteiger partial charge in [-0.2, -0.15) is 0 Å². The van der Waals surface area contributed by atoms with Gasteiger partial charge in [0, 0.05) is 18.8 Å². The van der Waals surface area contributed by atoms with E-state index in [0.717, 1.165) is 12.5 Å². The van der Waals surface area contributed by atoms with E-state index in [0.29, 0.717) is 11.1 Å². The van der Waals surface area contributed by atoms with Gasteiger partial charge < -0.3 is 10.3 Å². The van der Waals surface area contributed by atoms with Crippen LogP contribution in [0.15, 0.2) is 0 Å². The standard InChI is InChI=1S/C10H19NO/c12-11-8-4-7-10(11)9-5-2-1-3-6-9/h9-11H,1-8H2. The average Bonchev–Trinajstić information content (AvgIpc) is 2.53. The van der Waals surface area contributed by atoms with Crippen LogP contribution in [0.5, 0.6) is 0 Å². The molecule has 0 bridgehead atoms. The average molecular weight is 169 g/mol. The van der Waals surface area contributed by atoms with Crippen LogP contribution in [-0.4, -0.2) is 12.6 Å². The summed E-state index contributed by atoms with van der Waals surface area (Å²) in [5, 5.41) is 12.0. The summed E-state index contributed by atoms with van der Waals surface area (Å²) in [6.07, 6.45) is 9.16. The first kappa shape index (κ1) is 8.52. The molecule has 1 aliphatic carbocycles. The smallest absolute Gasteiger partial charge is 0.0902 e. The summed E-state index contributed by atoms with van der Waals surface area (Å²) < 4.78 is 0. The summed E-state index contributed by atoms with van der Waals surface area (Å²) in [6.45, 7) is 0.876. The lowest BCUT2D eigenvalue weighted by Crippen LogP contribution is -3.09. The van der Waals surface area contributed by atoms with Crippen LogP contribution in [0.25, 0.3) is 0 Å². The Bertz CT molecular complexity index is 143. The topological polar surface area (TPSA) is 27.5 Å². The predicted octanol–water partition coefficient (Wildman–Crippen LogP) is 1.11. The molecule has 2 unspecified atom stereocenters. The fraction of sp³-hybridized carbons (Fsp3) is 1.00. The Balaban J connectivity index is 1.89. The zero-order chi connectivity index (χ0) is 8.39. The van der Waals surface area contributed by atoms with Crippen LogP contribution in [0, 0.1) is 11.1 Å². The third kappa shape index (κ3) is 1.64. The number of hydrogen-bond donors (Lipinski definition) is 1. The molecule has 2 fully saturated rings. The van der Waals surface area contributed by atoms with Crippen molar-refractivity contribution in [2.24, 2.45) is 5.92 Å². The maximum Gasteiger partial charge on any atom is 0.0902 e. The molecule has 70 valence electrons. The van der Waals surface area contributed by atoms with Gasteiger partial charge in [0.2, 0.25) is 0 Å². The highest BCUT2D eigenvalue weighted by Crippen LogP contribution is 2.28. The summed E-state index contributed by atoms with van der Waals surface area (Å²) >= 11 is 0. The molecule has 0 aromatic carbocycles. The number of hydrogen-bond acceptors (Lipinski definition) is 1. The Morgan fingerprint density at radius 2 is 1.67 bits per heavy atom. The molecule has 12 heavy (non-hydrogen) atoms. The summed E-state index contributed by atoms with van der Waals surface area (Å²) in [6, 6.07) is 0.477. The second-order valence-corrected chi connectivity index (χ2v) is 4.36. The van der Waals surface area contributed by atoms with Gasteiger partial charge in [0.1, 0.15) is 0 Å². The SMILES string of the molecule is [O-][NH+]1CCCC1C1CCCCC1. The molecule has 1 aliphatic heterocycles. The first-order chi connectivity index (χ1) is 5.88. The minimum Gasteiger partial charge on any atom is -0.634 e. The van der Waals surface area contributed by atoms with E-state index in [1.807, 2.05) is 0 Å². The van der Waals surface area contributed by atoms with Gasteiger partial charge in [-0.1, -0.05) is 19.3 Å². The third-order valence-electron chi connectivity index (χ3n) is 3.57. The number of quaternary nitrogens is 1. The van der Waals surface area contributed by atoms with Crippen molar-refractivity contribution in [2.45, 2.75) is 51.0 Å². The maximum atomic E-state index is 11.5. The highest BCUT2D eigenvalue weighted by molar-refractivity contribution is 4.76. The van der Waals surface area contributed by atoms with Crippen LogP contribution >= 0.6 is 0 Å². The first-order valence-corrected chi connectivity index (χ1v) is 5.40. The second kappa shape index (κ2) is 3.75. The van der Waals surface area contributed by atoms with E-state index in [1.165, 1.54) is 44.9 Å². The second-order valence-electron chi connectivity index (χ2n) is 4.36. The molecule has 2 atom stereocenters. The molecule has 0 spiro atoms.